The first-order valence-electron chi connectivity index (χ1n) is 7.52. The lowest BCUT2D eigenvalue weighted by Crippen LogP contribution is -2.44. The summed E-state index contributed by atoms with van der Waals surface area (Å²) in [5.74, 6) is 0.807. The predicted molar refractivity (Wildman–Crippen MR) is 82.1 cm³/mol. The van der Waals surface area contributed by atoms with Crippen molar-refractivity contribution in [2.45, 2.75) is 25.3 Å². The van der Waals surface area contributed by atoms with Gasteiger partial charge in [-0.25, -0.2) is 0 Å². The number of para-hydroxylation sites is 2. The summed E-state index contributed by atoms with van der Waals surface area (Å²) in [5, 5.41) is 3.50. The molecule has 3 heteroatoms. The summed E-state index contributed by atoms with van der Waals surface area (Å²) in [4.78, 5) is 4.96. The van der Waals surface area contributed by atoms with E-state index < -0.39 is 0 Å². The van der Waals surface area contributed by atoms with Crippen molar-refractivity contribution in [3.05, 3.63) is 24.3 Å². The van der Waals surface area contributed by atoms with Gasteiger partial charge in [0, 0.05) is 32.7 Å². The lowest BCUT2D eigenvalue weighted by atomic mass is 10.0. The van der Waals surface area contributed by atoms with E-state index in [9.17, 15) is 0 Å². The molecule has 1 aromatic rings. The second kappa shape index (κ2) is 5.41. The Morgan fingerprint density at radius 2 is 1.95 bits per heavy atom. The summed E-state index contributed by atoms with van der Waals surface area (Å²) >= 11 is 0. The Kier molecular flexibility index (Phi) is 3.65. The lowest BCUT2D eigenvalue weighted by molar-refractivity contribution is 0.421. The molecule has 1 aliphatic heterocycles. The van der Waals surface area contributed by atoms with Crippen LogP contribution in [-0.4, -0.2) is 39.8 Å². The van der Waals surface area contributed by atoms with Crippen molar-refractivity contribution in [3.8, 4) is 0 Å². The van der Waals surface area contributed by atoms with Crippen molar-refractivity contribution in [2.24, 2.45) is 5.92 Å². The summed E-state index contributed by atoms with van der Waals surface area (Å²) in [6.07, 6.45) is 4.10. The van der Waals surface area contributed by atoms with Crippen LogP contribution < -0.4 is 15.1 Å². The largest absolute Gasteiger partial charge is 0.371 e. The minimum atomic E-state index is 0.715. The zero-order valence-corrected chi connectivity index (χ0v) is 12.1. The van der Waals surface area contributed by atoms with Crippen LogP contribution in [0.3, 0.4) is 0 Å². The van der Waals surface area contributed by atoms with Crippen LogP contribution in [-0.2, 0) is 0 Å². The van der Waals surface area contributed by atoms with E-state index in [0.717, 1.165) is 19.0 Å². The van der Waals surface area contributed by atoms with Crippen LogP contribution in [0.2, 0.25) is 0 Å². The van der Waals surface area contributed by atoms with Gasteiger partial charge in [0.1, 0.15) is 0 Å². The van der Waals surface area contributed by atoms with E-state index in [4.69, 9.17) is 0 Å². The highest BCUT2D eigenvalue weighted by molar-refractivity contribution is 5.73. The number of anilines is 2. The van der Waals surface area contributed by atoms with E-state index in [1.807, 2.05) is 0 Å². The molecule has 0 aromatic heterocycles. The second-order valence-electron chi connectivity index (χ2n) is 5.94. The highest BCUT2D eigenvalue weighted by Gasteiger charge is 2.29. The van der Waals surface area contributed by atoms with Crippen molar-refractivity contribution in [1.82, 2.24) is 5.32 Å². The van der Waals surface area contributed by atoms with E-state index >= 15 is 0 Å². The molecule has 2 atom stereocenters. The number of fused-ring (bicyclic) bond motifs is 1. The molecule has 0 bridgehead atoms. The smallest absolute Gasteiger partial charge is 0.0604 e. The van der Waals surface area contributed by atoms with E-state index in [2.05, 4.69) is 53.5 Å². The zero-order valence-electron chi connectivity index (χ0n) is 12.1. The molecule has 1 saturated carbocycles. The van der Waals surface area contributed by atoms with Gasteiger partial charge in [-0.05, 0) is 37.9 Å². The maximum absolute atomic E-state index is 3.50. The number of benzene rings is 1. The lowest BCUT2D eigenvalue weighted by Gasteiger charge is -2.39. The fourth-order valence-electron chi connectivity index (χ4n) is 3.67. The van der Waals surface area contributed by atoms with E-state index in [1.54, 1.807) is 0 Å². The Bertz CT molecular complexity index is 432. The summed E-state index contributed by atoms with van der Waals surface area (Å²) in [5.41, 5.74) is 2.80. The van der Waals surface area contributed by atoms with E-state index in [0.29, 0.717) is 6.04 Å². The highest BCUT2D eigenvalue weighted by Crippen LogP contribution is 2.34. The quantitative estimate of drug-likeness (QED) is 0.899. The molecule has 1 N–H and O–H groups in total. The summed E-state index contributed by atoms with van der Waals surface area (Å²) in [6.45, 7) is 3.49. The molecule has 0 radical (unpaired) electrons. The molecule has 2 unspecified atom stereocenters. The van der Waals surface area contributed by atoms with Gasteiger partial charge >= 0.3 is 0 Å². The third-order valence-corrected chi connectivity index (χ3v) is 4.82. The Morgan fingerprint density at radius 1 is 1.16 bits per heavy atom. The Hall–Kier alpha value is -1.22. The first-order valence-corrected chi connectivity index (χ1v) is 7.52. The fraction of sp³-hybridized carbons (Fsp3) is 0.625. The third-order valence-electron chi connectivity index (χ3n) is 4.82. The van der Waals surface area contributed by atoms with Gasteiger partial charge in [0.05, 0.1) is 11.4 Å². The maximum Gasteiger partial charge on any atom is 0.0604 e. The van der Waals surface area contributed by atoms with Crippen molar-refractivity contribution in [1.29, 1.82) is 0 Å². The summed E-state index contributed by atoms with van der Waals surface area (Å²) < 4.78 is 0. The molecule has 0 saturated heterocycles. The van der Waals surface area contributed by atoms with Gasteiger partial charge in [0.15, 0.2) is 0 Å². The Morgan fingerprint density at radius 3 is 2.74 bits per heavy atom. The first-order chi connectivity index (χ1) is 9.29. The molecule has 2 aliphatic rings. The van der Waals surface area contributed by atoms with Crippen LogP contribution in [0.1, 0.15) is 19.3 Å². The topological polar surface area (TPSA) is 18.5 Å². The molecule has 1 fully saturated rings. The Balaban J connectivity index is 1.77. The van der Waals surface area contributed by atoms with Crippen molar-refractivity contribution in [2.75, 3.05) is 43.5 Å². The summed E-state index contributed by atoms with van der Waals surface area (Å²) in [6, 6.07) is 9.53. The molecule has 1 aromatic carbocycles. The number of nitrogens with zero attached hydrogens (tertiary/aromatic N) is 2. The average Bonchev–Trinajstić information content (AvgIpc) is 2.89. The molecule has 19 heavy (non-hydrogen) atoms. The van der Waals surface area contributed by atoms with Crippen LogP contribution in [0.4, 0.5) is 11.4 Å². The number of rotatable bonds is 3. The van der Waals surface area contributed by atoms with Gasteiger partial charge in [-0.2, -0.15) is 0 Å². The summed E-state index contributed by atoms with van der Waals surface area (Å²) in [7, 11) is 4.31. The van der Waals surface area contributed by atoms with Crippen molar-refractivity contribution < 1.29 is 0 Å². The highest BCUT2D eigenvalue weighted by atomic mass is 15.3. The van der Waals surface area contributed by atoms with Gasteiger partial charge in [-0.15, -0.1) is 0 Å². The van der Waals surface area contributed by atoms with Crippen LogP contribution in [0, 0.1) is 5.92 Å². The van der Waals surface area contributed by atoms with E-state index in [1.165, 1.54) is 37.2 Å². The second-order valence-corrected chi connectivity index (χ2v) is 5.94. The molecular formula is C16H25N3. The van der Waals surface area contributed by atoms with Gasteiger partial charge < -0.3 is 15.1 Å². The van der Waals surface area contributed by atoms with Crippen LogP contribution in [0.5, 0.6) is 0 Å². The van der Waals surface area contributed by atoms with Crippen LogP contribution >= 0.6 is 0 Å². The number of likely N-dealkylation sites (N-methyl/N-ethyl adjacent to an activating group) is 1. The SMILES string of the molecule is CNC1CCCC1CN1CCN(C)c2ccccc21. The molecule has 104 valence electrons. The number of hydrogen-bond acceptors (Lipinski definition) is 3. The van der Waals surface area contributed by atoms with Crippen molar-refractivity contribution >= 4 is 11.4 Å². The average molecular weight is 259 g/mol. The zero-order chi connectivity index (χ0) is 13.2. The maximum atomic E-state index is 3.50. The Labute approximate surface area is 116 Å². The van der Waals surface area contributed by atoms with Gasteiger partial charge in [0.2, 0.25) is 0 Å². The minimum absolute atomic E-state index is 0.715. The third kappa shape index (κ3) is 2.44. The van der Waals surface area contributed by atoms with Crippen LogP contribution in [0.25, 0.3) is 0 Å². The molecule has 3 rings (SSSR count). The van der Waals surface area contributed by atoms with Crippen LogP contribution in [0.15, 0.2) is 24.3 Å². The van der Waals surface area contributed by atoms with Gasteiger partial charge in [0.25, 0.3) is 0 Å². The standard InChI is InChI=1S/C16H25N3/c1-17-14-7-5-6-13(14)12-19-11-10-18(2)15-8-3-4-9-16(15)19/h3-4,8-9,13-14,17H,5-7,10-12H2,1-2H3. The number of nitrogens with one attached hydrogen (secondary N) is 1. The molecule has 0 amide bonds. The molecular weight excluding hydrogens is 234 g/mol. The van der Waals surface area contributed by atoms with Crippen molar-refractivity contribution in [3.63, 3.8) is 0 Å². The fourth-order valence-corrected chi connectivity index (χ4v) is 3.67. The molecule has 0 spiro atoms. The van der Waals surface area contributed by atoms with Gasteiger partial charge in [-0.3, -0.25) is 0 Å². The van der Waals surface area contributed by atoms with E-state index in [-0.39, 0.29) is 0 Å². The monoisotopic (exact) mass is 259 g/mol. The number of hydrogen-bond donors (Lipinski definition) is 1. The predicted octanol–water partition coefficient (Wildman–Crippen LogP) is 2.33. The van der Waals surface area contributed by atoms with Gasteiger partial charge in [-0.1, -0.05) is 18.6 Å². The normalized spacial score (nSPS) is 26.6. The molecule has 1 heterocycles. The first kappa shape index (κ1) is 12.8. The molecule has 3 nitrogen and oxygen atoms in total. The minimum Gasteiger partial charge on any atom is -0.371 e. The molecule has 1 aliphatic carbocycles.